The summed E-state index contributed by atoms with van der Waals surface area (Å²) in [5.41, 5.74) is 1.38. The molecule has 1 heterocycles. The van der Waals surface area contributed by atoms with Crippen LogP contribution in [-0.2, 0) is 14.8 Å². The van der Waals surface area contributed by atoms with Crippen molar-refractivity contribution in [3.8, 4) is 0 Å². The van der Waals surface area contributed by atoms with Crippen LogP contribution in [0.15, 0.2) is 70.6 Å². The van der Waals surface area contributed by atoms with Gasteiger partial charge in [-0.15, -0.1) is 0 Å². The summed E-state index contributed by atoms with van der Waals surface area (Å²) < 4.78 is 22.5. The number of nitrogens with two attached hydrogens (primary N) is 1. The number of amides is 1. The minimum absolute atomic E-state index is 0.00159. The van der Waals surface area contributed by atoms with E-state index in [0.29, 0.717) is 5.69 Å². The average molecular weight is 387 g/mol. The Labute approximate surface area is 155 Å². The Kier molecular flexibility index (Phi) is 5.26. The van der Waals surface area contributed by atoms with Crippen LogP contribution in [-0.4, -0.2) is 24.6 Å². The predicted molar refractivity (Wildman–Crippen MR) is 104 cm³/mol. The number of hydrogen-bond donors (Lipinski definition) is 2. The molecule has 0 saturated carbocycles. The number of rotatable bonds is 5. The van der Waals surface area contributed by atoms with E-state index in [2.05, 4.69) is 10.3 Å². The van der Waals surface area contributed by atoms with Crippen molar-refractivity contribution < 1.29 is 13.2 Å². The molecule has 0 aliphatic rings. The van der Waals surface area contributed by atoms with Gasteiger partial charge in [-0.25, -0.2) is 18.5 Å². The highest BCUT2D eigenvalue weighted by molar-refractivity contribution is 8.00. The summed E-state index contributed by atoms with van der Waals surface area (Å²) in [6.07, 6.45) is 0. The van der Waals surface area contributed by atoms with Gasteiger partial charge in [0.05, 0.1) is 20.7 Å². The van der Waals surface area contributed by atoms with E-state index >= 15 is 0 Å². The van der Waals surface area contributed by atoms with Gasteiger partial charge in [0, 0.05) is 11.1 Å². The molecule has 3 aromatic rings. The number of pyridine rings is 1. The number of hydrogen-bond acceptors (Lipinski definition) is 5. The fraction of sp³-hybridized carbons (Fsp3) is 0.111. The van der Waals surface area contributed by atoms with Crippen LogP contribution in [0, 0.1) is 0 Å². The van der Waals surface area contributed by atoms with Gasteiger partial charge < -0.3 is 5.32 Å². The molecule has 1 amide bonds. The zero-order chi connectivity index (χ0) is 18.7. The Balaban J connectivity index is 1.67. The SMILES string of the molecule is CC(Sc1ccc2ccccc2n1)C(=O)Nc1ccc(S(N)(=O)=O)cc1. The summed E-state index contributed by atoms with van der Waals surface area (Å²) >= 11 is 1.35. The fourth-order valence-electron chi connectivity index (χ4n) is 2.32. The molecule has 0 aliphatic carbocycles. The van der Waals surface area contributed by atoms with E-state index in [1.54, 1.807) is 6.92 Å². The molecule has 6 nitrogen and oxygen atoms in total. The first-order valence-corrected chi connectivity index (χ1v) is 10.2. The highest BCUT2D eigenvalue weighted by atomic mass is 32.2. The van der Waals surface area contributed by atoms with E-state index in [1.807, 2.05) is 36.4 Å². The van der Waals surface area contributed by atoms with Gasteiger partial charge in [-0.3, -0.25) is 4.79 Å². The highest BCUT2D eigenvalue weighted by Crippen LogP contribution is 2.25. The van der Waals surface area contributed by atoms with E-state index in [9.17, 15) is 13.2 Å². The zero-order valence-corrected chi connectivity index (χ0v) is 15.5. The molecule has 26 heavy (non-hydrogen) atoms. The molecule has 0 bridgehead atoms. The lowest BCUT2D eigenvalue weighted by molar-refractivity contribution is -0.115. The van der Waals surface area contributed by atoms with E-state index in [0.717, 1.165) is 15.9 Å². The zero-order valence-electron chi connectivity index (χ0n) is 13.9. The van der Waals surface area contributed by atoms with Crippen LogP contribution in [0.4, 0.5) is 5.69 Å². The Morgan fingerprint density at radius 3 is 2.46 bits per heavy atom. The molecule has 0 aliphatic heterocycles. The standard InChI is InChI=1S/C18H17N3O3S2/c1-12(25-17-11-6-13-4-2-3-5-16(13)21-17)18(22)20-14-7-9-15(10-8-14)26(19,23)24/h2-12H,1H3,(H,20,22)(H2,19,23,24). The number of fused-ring (bicyclic) bond motifs is 1. The second-order valence-electron chi connectivity index (χ2n) is 5.66. The van der Waals surface area contributed by atoms with Crippen LogP contribution in [0.5, 0.6) is 0 Å². The van der Waals surface area contributed by atoms with E-state index in [-0.39, 0.29) is 16.1 Å². The Bertz CT molecular complexity index is 1050. The molecule has 1 atom stereocenters. The minimum Gasteiger partial charge on any atom is -0.325 e. The quantitative estimate of drug-likeness (QED) is 0.655. The molecular formula is C18H17N3O3S2. The van der Waals surface area contributed by atoms with Crippen molar-refractivity contribution in [1.82, 2.24) is 4.98 Å². The molecule has 134 valence electrons. The third-order valence-corrected chi connectivity index (χ3v) is 5.66. The molecular weight excluding hydrogens is 370 g/mol. The van der Waals surface area contributed by atoms with Gasteiger partial charge in [-0.2, -0.15) is 0 Å². The van der Waals surface area contributed by atoms with Crippen molar-refractivity contribution in [3.63, 3.8) is 0 Å². The molecule has 0 fully saturated rings. The largest absolute Gasteiger partial charge is 0.325 e. The number of thioether (sulfide) groups is 1. The first-order valence-electron chi connectivity index (χ1n) is 7.79. The van der Waals surface area contributed by atoms with Crippen molar-refractivity contribution in [2.24, 2.45) is 5.14 Å². The van der Waals surface area contributed by atoms with Gasteiger partial charge in [0.2, 0.25) is 15.9 Å². The Morgan fingerprint density at radius 1 is 1.08 bits per heavy atom. The maximum Gasteiger partial charge on any atom is 0.238 e. The minimum atomic E-state index is -3.75. The van der Waals surface area contributed by atoms with Gasteiger partial charge >= 0.3 is 0 Å². The monoisotopic (exact) mass is 387 g/mol. The van der Waals surface area contributed by atoms with Crippen LogP contribution >= 0.6 is 11.8 Å². The molecule has 0 radical (unpaired) electrons. The number of carbonyl (C=O) groups is 1. The molecule has 0 spiro atoms. The van der Waals surface area contributed by atoms with Gasteiger partial charge in [0.25, 0.3) is 0 Å². The number of nitrogens with one attached hydrogen (secondary N) is 1. The summed E-state index contributed by atoms with van der Waals surface area (Å²) in [7, 11) is -3.75. The number of anilines is 1. The van der Waals surface area contributed by atoms with Gasteiger partial charge in [0.15, 0.2) is 0 Å². The smallest absolute Gasteiger partial charge is 0.238 e. The maximum atomic E-state index is 12.4. The van der Waals surface area contributed by atoms with E-state index in [4.69, 9.17) is 5.14 Å². The third-order valence-electron chi connectivity index (χ3n) is 3.69. The molecule has 3 rings (SSSR count). The van der Waals surface area contributed by atoms with Crippen LogP contribution in [0.25, 0.3) is 10.9 Å². The topological polar surface area (TPSA) is 102 Å². The lowest BCUT2D eigenvalue weighted by atomic mass is 10.2. The first-order chi connectivity index (χ1) is 12.3. The molecule has 1 aromatic heterocycles. The van der Waals surface area contributed by atoms with Crippen molar-refractivity contribution in [3.05, 3.63) is 60.7 Å². The van der Waals surface area contributed by atoms with Crippen molar-refractivity contribution in [2.75, 3.05) is 5.32 Å². The second-order valence-corrected chi connectivity index (χ2v) is 8.58. The summed E-state index contributed by atoms with van der Waals surface area (Å²) in [5.74, 6) is -0.201. The average Bonchev–Trinajstić information content (AvgIpc) is 2.61. The summed E-state index contributed by atoms with van der Waals surface area (Å²) in [6.45, 7) is 1.79. The second kappa shape index (κ2) is 7.45. The molecule has 1 unspecified atom stereocenters. The number of sulfonamides is 1. The van der Waals surface area contributed by atoms with Crippen molar-refractivity contribution in [1.29, 1.82) is 0 Å². The maximum absolute atomic E-state index is 12.4. The normalized spacial score (nSPS) is 12.7. The van der Waals surface area contributed by atoms with E-state index < -0.39 is 10.0 Å². The predicted octanol–water partition coefficient (Wildman–Crippen LogP) is 3.00. The van der Waals surface area contributed by atoms with Crippen molar-refractivity contribution >= 4 is 44.3 Å². The number of para-hydroxylation sites is 1. The number of primary sulfonamides is 1. The van der Waals surface area contributed by atoms with Gasteiger partial charge in [0.1, 0.15) is 0 Å². The fourth-order valence-corrected chi connectivity index (χ4v) is 3.66. The Morgan fingerprint density at radius 2 is 1.77 bits per heavy atom. The molecule has 3 N–H and O–H groups in total. The highest BCUT2D eigenvalue weighted by Gasteiger charge is 2.16. The molecule has 2 aromatic carbocycles. The molecule has 8 heteroatoms. The van der Waals surface area contributed by atoms with Crippen LogP contribution in [0.3, 0.4) is 0 Å². The lowest BCUT2D eigenvalue weighted by Crippen LogP contribution is -2.22. The third kappa shape index (κ3) is 4.40. The Hall–Kier alpha value is -2.42. The van der Waals surface area contributed by atoms with Crippen LogP contribution in [0.1, 0.15) is 6.92 Å². The summed E-state index contributed by atoms with van der Waals surface area (Å²) in [4.78, 5) is 16.9. The summed E-state index contributed by atoms with van der Waals surface area (Å²) in [5, 5.41) is 9.24. The lowest BCUT2D eigenvalue weighted by Gasteiger charge is -2.12. The van der Waals surface area contributed by atoms with Gasteiger partial charge in [-0.05, 0) is 43.3 Å². The van der Waals surface area contributed by atoms with E-state index in [1.165, 1.54) is 36.0 Å². The van der Waals surface area contributed by atoms with Gasteiger partial charge in [-0.1, -0.05) is 36.0 Å². The number of nitrogens with zero attached hydrogens (tertiary/aromatic N) is 1. The van der Waals surface area contributed by atoms with Crippen molar-refractivity contribution in [2.45, 2.75) is 22.1 Å². The number of carbonyl (C=O) groups excluding carboxylic acids is 1. The first kappa shape index (κ1) is 18.4. The van der Waals surface area contributed by atoms with Crippen LogP contribution in [0.2, 0.25) is 0 Å². The molecule has 0 saturated heterocycles. The number of benzene rings is 2. The number of aromatic nitrogens is 1. The van der Waals surface area contributed by atoms with Crippen LogP contribution < -0.4 is 10.5 Å². The summed E-state index contributed by atoms with van der Waals surface area (Å²) in [6, 6.07) is 17.4.